The molecule has 4 heteroatoms. The van der Waals surface area contributed by atoms with Crippen molar-refractivity contribution in [1.29, 1.82) is 0 Å². The van der Waals surface area contributed by atoms with Crippen LogP contribution in [0.3, 0.4) is 0 Å². The van der Waals surface area contributed by atoms with Gasteiger partial charge in [0.2, 0.25) is 0 Å². The van der Waals surface area contributed by atoms with Gasteiger partial charge < -0.3 is 14.6 Å². The van der Waals surface area contributed by atoms with Crippen LogP contribution in [0.25, 0.3) is 0 Å². The molecule has 0 aromatic heterocycles. The summed E-state index contributed by atoms with van der Waals surface area (Å²) in [6, 6.07) is 19.1. The van der Waals surface area contributed by atoms with Crippen molar-refractivity contribution in [2.75, 3.05) is 13.2 Å². The number of benzene rings is 2. The van der Waals surface area contributed by atoms with Crippen LogP contribution in [0.2, 0.25) is 0 Å². The molecule has 22 heavy (non-hydrogen) atoms. The normalized spacial score (nSPS) is 12.0. The second-order valence-electron chi connectivity index (χ2n) is 4.91. The lowest BCUT2D eigenvalue weighted by Crippen LogP contribution is -2.31. The van der Waals surface area contributed by atoms with E-state index in [1.165, 1.54) is 0 Å². The Kier molecular flexibility index (Phi) is 6.77. The van der Waals surface area contributed by atoms with Crippen LogP contribution < -0.4 is 0 Å². The zero-order valence-electron chi connectivity index (χ0n) is 12.4. The number of aliphatic hydroxyl groups excluding tert-OH is 1. The van der Waals surface area contributed by atoms with Crippen LogP contribution in [0.15, 0.2) is 60.7 Å². The lowest BCUT2D eigenvalue weighted by atomic mass is 10.2. The minimum Gasteiger partial charge on any atom is -0.393 e. The molecule has 0 unspecified atom stereocenters. The van der Waals surface area contributed by atoms with Gasteiger partial charge in [0.15, 0.2) is 5.78 Å². The van der Waals surface area contributed by atoms with Gasteiger partial charge >= 0.3 is 0 Å². The van der Waals surface area contributed by atoms with Crippen molar-refractivity contribution in [3.05, 3.63) is 71.8 Å². The van der Waals surface area contributed by atoms with E-state index in [9.17, 15) is 9.90 Å². The monoisotopic (exact) mass is 300 g/mol. The van der Waals surface area contributed by atoms with Crippen LogP contribution in [0.1, 0.15) is 11.1 Å². The Bertz CT molecular complexity index is 554. The number of ketones is 1. The Labute approximate surface area is 130 Å². The lowest BCUT2D eigenvalue weighted by molar-refractivity contribution is -0.139. The van der Waals surface area contributed by atoms with Crippen LogP contribution in [-0.2, 0) is 27.5 Å². The number of rotatable bonds is 9. The van der Waals surface area contributed by atoms with E-state index in [0.29, 0.717) is 6.61 Å². The number of hydrogen-bond acceptors (Lipinski definition) is 4. The van der Waals surface area contributed by atoms with Crippen molar-refractivity contribution in [1.82, 2.24) is 0 Å². The average Bonchev–Trinajstić information content (AvgIpc) is 2.57. The van der Waals surface area contributed by atoms with E-state index in [2.05, 4.69) is 0 Å². The second kappa shape index (κ2) is 9.10. The summed E-state index contributed by atoms with van der Waals surface area (Å²) in [7, 11) is 0. The van der Waals surface area contributed by atoms with Gasteiger partial charge in [-0.25, -0.2) is 0 Å². The molecule has 0 radical (unpaired) electrons. The number of hydrogen-bond donors (Lipinski definition) is 1. The van der Waals surface area contributed by atoms with E-state index in [-0.39, 0.29) is 25.6 Å². The Morgan fingerprint density at radius 1 is 0.909 bits per heavy atom. The topological polar surface area (TPSA) is 55.8 Å². The summed E-state index contributed by atoms with van der Waals surface area (Å²) in [5, 5.41) is 9.29. The van der Waals surface area contributed by atoms with Gasteiger partial charge in [0.1, 0.15) is 12.7 Å². The molecular weight excluding hydrogens is 280 g/mol. The summed E-state index contributed by atoms with van der Waals surface area (Å²) in [5.74, 6) is -0.255. The van der Waals surface area contributed by atoms with Crippen molar-refractivity contribution < 1.29 is 19.4 Å². The third-order valence-electron chi connectivity index (χ3n) is 3.17. The fourth-order valence-electron chi connectivity index (χ4n) is 1.96. The van der Waals surface area contributed by atoms with Crippen LogP contribution in [0.5, 0.6) is 0 Å². The molecule has 0 aliphatic heterocycles. The second-order valence-corrected chi connectivity index (χ2v) is 4.91. The van der Waals surface area contributed by atoms with Gasteiger partial charge in [-0.2, -0.15) is 0 Å². The first-order valence-electron chi connectivity index (χ1n) is 7.20. The molecule has 0 spiro atoms. The molecule has 2 rings (SSSR count). The van der Waals surface area contributed by atoms with E-state index in [4.69, 9.17) is 9.47 Å². The lowest BCUT2D eigenvalue weighted by Gasteiger charge is -2.14. The van der Waals surface area contributed by atoms with Gasteiger partial charge in [0.05, 0.1) is 19.8 Å². The molecule has 1 atom stereocenters. The Hall–Kier alpha value is -2.01. The fourth-order valence-corrected chi connectivity index (χ4v) is 1.96. The first-order chi connectivity index (χ1) is 10.8. The van der Waals surface area contributed by atoms with Gasteiger partial charge in [0, 0.05) is 0 Å². The molecule has 2 aromatic carbocycles. The van der Waals surface area contributed by atoms with E-state index in [1.54, 1.807) is 0 Å². The van der Waals surface area contributed by atoms with Crippen molar-refractivity contribution in [3.63, 3.8) is 0 Å². The largest absolute Gasteiger partial charge is 0.393 e. The first kappa shape index (κ1) is 16.4. The highest BCUT2D eigenvalue weighted by Crippen LogP contribution is 2.05. The summed E-state index contributed by atoms with van der Waals surface area (Å²) in [6.07, 6.45) is -0.851. The third kappa shape index (κ3) is 5.41. The van der Waals surface area contributed by atoms with Crippen LogP contribution in [-0.4, -0.2) is 30.2 Å². The molecule has 0 aliphatic carbocycles. The number of ether oxygens (including phenoxy) is 2. The maximum atomic E-state index is 12.0. The minimum absolute atomic E-state index is 0.0745. The zero-order valence-corrected chi connectivity index (χ0v) is 12.4. The first-order valence-corrected chi connectivity index (χ1v) is 7.20. The van der Waals surface area contributed by atoms with Crippen molar-refractivity contribution in [2.45, 2.75) is 19.3 Å². The van der Waals surface area contributed by atoms with E-state index >= 15 is 0 Å². The quantitative estimate of drug-likeness (QED) is 0.772. The zero-order chi connectivity index (χ0) is 15.6. The number of carbonyl (C=O) groups excluding carboxylic acids is 1. The molecule has 0 aliphatic rings. The van der Waals surface area contributed by atoms with Crippen LogP contribution in [0, 0.1) is 0 Å². The van der Waals surface area contributed by atoms with E-state index < -0.39 is 6.10 Å². The van der Waals surface area contributed by atoms with Gasteiger partial charge in [-0.1, -0.05) is 60.7 Å². The average molecular weight is 300 g/mol. The van der Waals surface area contributed by atoms with Crippen LogP contribution >= 0.6 is 0 Å². The summed E-state index contributed by atoms with van der Waals surface area (Å²) in [6.45, 7) is 0.231. The Morgan fingerprint density at radius 3 is 2.00 bits per heavy atom. The van der Waals surface area contributed by atoms with Gasteiger partial charge in [-0.15, -0.1) is 0 Å². The molecule has 4 nitrogen and oxygen atoms in total. The Morgan fingerprint density at radius 2 is 1.45 bits per heavy atom. The maximum Gasteiger partial charge on any atom is 0.189 e. The van der Waals surface area contributed by atoms with Gasteiger partial charge in [-0.05, 0) is 11.1 Å². The van der Waals surface area contributed by atoms with Crippen molar-refractivity contribution in [2.24, 2.45) is 0 Å². The molecule has 0 heterocycles. The summed E-state index contributed by atoms with van der Waals surface area (Å²) in [5.41, 5.74) is 1.96. The van der Waals surface area contributed by atoms with Crippen molar-refractivity contribution in [3.8, 4) is 0 Å². The number of Topliss-reactive ketones (excluding diaryl/α,β-unsaturated/α-hetero) is 1. The molecule has 0 amide bonds. The summed E-state index contributed by atoms with van der Waals surface area (Å²) < 4.78 is 10.8. The Balaban J connectivity index is 1.74. The number of aliphatic hydroxyl groups is 1. The molecule has 2 aromatic rings. The SMILES string of the molecule is O=C(COCc1ccccc1)[C@@H](CO)OCc1ccccc1. The smallest absolute Gasteiger partial charge is 0.189 e. The van der Waals surface area contributed by atoms with Crippen LogP contribution in [0.4, 0.5) is 0 Å². The standard InChI is InChI=1S/C18H20O4/c19-11-18(22-13-16-9-5-2-6-10-16)17(20)14-21-12-15-7-3-1-4-8-15/h1-10,18-19H,11-14H2/t18-/m1/s1. The maximum absolute atomic E-state index is 12.0. The van der Waals surface area contributed by atoms with Gasteiger partial charge in [-0.3, -0.25) is 4.79 Å². The molecule has 1 N–H and O–H groups in total. The third-order valence-corrected chi connectivity index (χ3v) is 3.17. The highest BCUT2D eigenvalue weighted by atomic mass is 16.5. The summed E-state index contributed by atoms with van der Waals surface area (Å²) >= 11 is 0. The molecule has 0 saturated carbocycles. The highest BCUT2D eigenvalue weighted by Gasteiger charge is 2.18. The molecular formula is C18H20O4. The predicted octanol–water partition coefficient (Wildman–Crippen LogP) is 2.35. The van der Waals surface area contributed by atoms with Crippen molar-refractivity contribution >= 4 is 5.78 Å². The molecule has 0 saturated heterocycles. The molecule has 0 bridgehead atoms. The van der Waals surface area contributed by atoms with E-state index in [1.807, 2.05) is 60.7 Å². The summed E-state index contributed by atoms with van der Waals surface area (Å²) in [4.78, 5) is 12.0. The molecule has 116 valence electrons. The van der Waals surface area contributed by atoms with Gasteiger partial charge in [0.25, 0.3) is 0 Å². The highest BCUT2D eigenvalue weighted by molar-refractivity contribution is 5.84. The minimum atomic E-state index is -0.851. The fraction of sp³-hybridized carbons (Fsp3) is 0.278. The van der Waals surface area contributed by atoms with E-state index in [0.717, 1.165) is 11.1 Å². The molecule has 0 fully saturated rings. The predicted molar refractivity (Wildman–Crippen MR) is 83.2 cm³/mol. The number of carbonyl (C=O) groups is 1.